The van der Waals surface area contributed by atoms with Crippen molar-refractivity contribution in [2.45, 2.75) is 6.92 Å². The van der Waals surface area contributed by atoms with Gasteiger partial charge in [-0.2, -0.15) is 0 Å². The second-order valence-corrected chi connectivity index (χ2v) is 10.0. The average molecular weight is 471 g/mol. The van der Waals surface area contributed by atoms with Crippen LogP contribution in [-0.4, -0.2) is 24.2 Å². The minimum atomic E-state index is -3.34. The normalized spacial score (nSPS) is 11.7. The van der Waals surface area contributed by atoms with Crippen LogP contribution in [0.5, 0.6) is 0 Å². The fourth-order valence-corrected chi connectivity index (χ4v) is 4.62. The Bertz CT molecular complexity index is 1740. The number of nitrogens with two attached hydrogens (primary N) is 1. The number of nitrogens with zero attached hydrogens (tertiary/aromatic N) is 2. The van der Waals surface area contributed by atoms with Crippen molar-refractivity contribution < 1.29 is 8.42 Å². The molecule has 0 saturated carbocycles. The summed E-state index contributed by atoms with van der Waals surface area (Å²) in [4.78, 5) is 17.6. The lowest BCUT2D eigenvalue weighted by Gasteiger charge is -2.14. The van der Waals surface area contributed by atoms with Crippen LogP contribution in [-0.2, 0) is 10.0 Å². The van der Waals surface area contributed by atoms with Crippen LogP contribution in [0, 0.1) is 6.92 Å². The summed E-state index contributed by atoms with van der Waals surface area (Å²) in [5, 5.41) is 1.68. The first-order valence-corrected chi connectivity index (χ1v) is 12.5. The van der Waals surface area contributed by atoms with E-state index in [9.17, 15) is 13.2 Å². The Kier molecular flexibility index (Phi) is 5.10. The Hall–Kier alpha value is -4.17. The molecule has 0 bridgehead atoms. The van der Waals surface area contributed by atoms with Gasteiger partial charge in [-0.25, -0.2) is 8.42 Å². The number of nitrogens with one attached hydrogen (secondary N) is 1. The molecule has 5 aromatic rings. The Morgan fingerprint density at radius 3 is 2.35 bits per heavy atom. The molecule has 7 nitrogen and oxygen atoms in total. The highest BCUT2D eigenvalue weighted by molar-refractivity contribution is 7.92. The number of aromatic nitrogens is 2. The average Bonchev–Trinajstić information content (AvgIpc) is 2.80. The van der Waals surface area contributed by atoms with Crippen LogP contribution in [0.25, 0.3) is 38.6 Å². The van der Waals surface area contributed by atoms with E-state index in [4.69, 9.17) is 5.73 Å². The first-order chi connectivity index (χ1) is 16.2. The summed E-state index contributed by atoms with van der Waals surface area (Å²) >= 11 is 0. The number of nitrogen functional groups attached to an aromatic ring is 1. The predicted molar refractivity (Wildman–Crippen MR) is 138 cm³/mol. The van der Waals surface area contributed by atoms with E-state index in [1.165, 1.54) is 6.07 Å². The van der Waals surface area contributed by atoms with Crippen molar-refractivity contribution in [2.75, 3.05) is 16.7 Å². The largest absolute Gasteiger partial charge is 0.398 e. The van der Waals surface area contributed by atoms with Gasteiger partial charge in [0.05, 0.1) is 23.0 Å². The molecule has 8 heteroatoms. The lowest BCUT2D eigenvalue weighted by Crippen LogP contribution is -2.18. The zero-order valence-corrected chi connectivity index (χ0v) is 19.4. The lowest BCUT2D eigenvalue weighted by atomic mass is 10.0. The van der Waals surface area contributed by atoms with E-state index >= 15 is 0 Å². The van der Waals surface area contributed by atoms with Gasteiger partial charge < -0.3 is 5.73 Å². The summed E-state index contributed by atoms with van der Waals surface area (Å²) in [6.45, 7) is 1.93. The Labute approximate surface area is 196 Å². The van der Waals surface area contributed by atoms with Gasteiger partial charge in [0.1, 0.15) is 0 Å². The van der Waals surface area contributed by atoms with Crippen LogP contribution in [0.2, 0.25) is 0 Å². The summed E-state index contributed by atoms with van der Waals surface area (Å²) < 4.78 is 27.0. The summed E-state index contributed by atoms with van der Waals surface area (Å²) in [6.07, 6.45) is 2.87. The maximum Gasteiger partial charge on any atom is 0.255 e. The second kappa shape index (κ2) is 8.00. The SMILES string of the molecule is Cc1ccc(-n2c(=O)ccc3cnc4cc(-c5ccc(NS(C)(=O)=O)cc5)ccc4c32)cc1N. The van der Waals surface area contributed by atoms with Crippen molar-refractivity contribution in [2.24, 2.45) is 0 Å². The zero-order valence-electron chi connectivity index (χ0n) is 18.6. The van der Waals surface area contributed by atoms with E-state index in [0.717, 1.165) is 44.8 Å². The first-order valence-electron chi connectivity index (χ1n) is 10.6. The maximum atomic E-state index is 12.9. The number of sulfonamides is 1. The number of aryl methyl sites for hydroxylation is 1. The molecule has 0 aliphatic rings. The van der Waals surface area contributed by atoms with Crippen LogP contribution >= 0.6 is 0 Å². The van der Waals surface area contributed by atoms with Crippen LogP contribution in [0.15, 0.2) is 83.8 Å². The summed E-state index contributed by atoms with van der Waals surface area (Å²) in [6, 6.07) is 21.9. The van der Waals surface area contributed by atoms with Gasteiger partial charge in [0.15, 0.2) is 0 Å². The summed E-state index contributed by atoms with van der Waals surface area (Å²) in [7, 11) is -3.34. The van der Waals surface area contributed by atoms with Crippen LogP contribution < -0.4 is 16.0 Å². The number of hydrogen-bond donors (Lipinski definition) is 2. The van der Waals surface area contributed by atoms with Crippen molar-refractivity contribution >= 4 is 43.2 Å². The molecule has 34 heavy (non-hydrogen) atoms. The van der Waals surface area contributed by atoms with Gasteiger partial charge in [-0.1, -0.05) is 30.3 Å². The number of anilines is 2. The van der Waals surface area contributed by atoms with Gasteiger partial charge in [-0.05, 0) is 60.0 Å². The van der Waals surface area contributed by atoms with E-state index in [1.54, 1.807) is 29.0 Å². The van der Waals surface area contributed by atoms with Crippen molar-refractivity contribution in [3.63, 3.8) is 0 Å². The van der Waals surface area contributed by atoms with E-state index in [2.05, 4.69) is 9.71 Å². The standard InChI is InChI=1S/C26H22N4O3S/c1-16-3-10-21(14-23(16)27)30-25(31)12-7-19-15-28-24-13-18(6-11-22(24)26(19)30)17-4-8-20(9-5-17)29-34(2,32)33/h3-15,29H,27H2,1-2H3. The Balaban J connectivity index is 1.67. The minimum absolute atomic E-state index is 0.152. The van der Waals surface area contributed by atoms with Crippen molar-refractivity contribution in [3.8, 4) is 16.8 Å². The summed E-state index contributed by atoms with van der Waals surface area (Å²) in [5.41, 5.74) is 12.1. The van der Waals surface area contributed by atoms with Gasteiger partial charge in [-0.3, -0.25) is 19.1 Å². The number of hydrogen-bond acceptors (Lipinski definition) is 5. The smallest absolute Gasteiger partial charge is 0.255 e. The van der Waals surface area contributed by atoms with Crippen LogP contribution in [0.1, 0.15) is 5.56 Å². The number of fused-ring (bicyclic) bond motifs is 3. The predicted octanol–water partition coefficient (Wildman–Crippen LogP) is 4.47. The molecule has 0 atom stereocenters. The fourth-order valence-electron chi connectivity index (χ4n) is 4.06. The molecule has 5 rings (SSSR count). The molecule has 170 valence electrons. The molecule has 0 radical (unpaired) electrons. The highest BCUT2D eigenvalue weighted by atomic mass is 32.2. The van der Waals surface area contributed by atoms with Crippen LogP contribution in [0.4, 0.5) is 11.4 Å². The van der Waals surface area contributed by atoms with E-state index in [0.29, 0.717) is 17.1 Å². The lowest BCUT2D eigenvalue weighted by molar-refractivity contribution is 0.607. The second-order valence-electron chi connectivity index (χ2n) is 8.29. The number of rotatable bonds is 4. The molecule has 3 aromatic carbocycles. The third kappa shape index (κ3) is 3.99. The molecule has 0 aliphatic carbocycles. The third-order valence-corrected chi connectivity index (χ3v) is 6.37. The van der Waals surface area contributed by atoms with Gasteiger partial charge in [0, 0.05) is 34.4 Å². The molecule has 3 N–H and O–H groups in total. The Morgan fingerprint density at radius 1 is 0.912 bits per heavy atom. The first kappa shape index (κ1) is 21.7. The monoisotopic (exact) mass is 470 g/mol. The molecule has 0 saturated heterocycles. The molecular weight excluding hydrogens is 448 g/mol. The van der Waals surface area contributed by atoms with Crippen molar-refractivity contribution in [3.05, 3.63) is 94.9 Å². The highest BCUT2D eigenvalue weighted by Gasteiger charge is 2.12. The molecule has 0 fully saturated rings. The molecule has 0 aliphatic heterocycles. The fraction of sp³-hybridized carbons (Fsp3) is 0.0769. The van der Waals surface area contributed by atoms with E-state index < -0.39 is 10.0 Å². The molecule has 2 heterocycles. The van der Waals surface area contributed by atoms with Gasteiger partial charge in [0.25, 0.3) is 5.56 Å². The minimum Gasteiger partial charge on any atom is -0.398 e. The van der Waals surface area contributed by atoms with Gasteiger partial charge in [-0.15, -0.1) is 0 Å². The van der Waals surface area contributed by atoms with E-state index in [-0.39, 0.29) is 5.56 Å². The maximum absolute atomic E-state index is 12.9. The number of benzene rings is 3. The molecule has 0 unspecified atom stereocenters. The molecule has 0 spiro atoms. The molecular formula is C26H22N4O3S. The van der Waals surface area contributed by atoms with E-state index in [1.807, 2.05) is 55.5 Å². The quantitative estimate of drug-likeness (QED) is 0.298. The zero-order chi connectivity index (χ0) is 24.0. The van der Waals surface area contributed by atoms with Crippen molar-refractivity contribution in [1.29, 1.82) is 0 Å². The Morgan fingerprint density at radius 2 is 1.65 bits per heavy atom. The van der Waals surface area contributed by atoms with Crippen LogP contribution in [0.3, 0.4) is 0 Å². The third-order valence-electron chi connectivity index (χ3n) is 5.76. The van der Waals surface area contributed by atoms with Gasteiger partial charge >= 0.3 is 0 Å². The molecule has 2 aromatic heterocycles. The summed E-state index contributed by atoms with van der Waals surface area (Å²) in [5.74, 6) is 0. The van der Waals surface area contributed by atoms with Gasteiger partial charge in [0.2, 0.25) is 10.0 Å². The number of pyridine rings is 2. The topological polar surface area (TPSA) is 107 Å². The van der Waals surface area contributed by atoms with Crippen molar-refractivity contribution in [1.82, 2.24) is 9.55 Å². The molecule has 0 amide bonds. The highest BCUT2D eigenvalue weighted by Crippen LogP contribution is 2.30.